The molecule has 0 radical (unpaired) electrons. The molecule has 1 saturated heterocycles. The third-order valence-corrected chi connectivity index (χ3v) is 5.19. The molecule has 2 aliphatic rings. The lowest BCUT2D eigenvalue weighted by atomic mass is 9.96. The van der Waals surface area contributed by atoms with Gasteiger partial charge in [-0.05, 0) is 12.5 Å². The normalized spacial score (nSPS) is 22.5. The highest BCUT2D eigenvalue weighted by molar-refractivity contribution is 5.93. The Bertz CT molecular complexity index is 857. The van der Waals surface area contributed by atoms with E-state index in [0.29, 0.717) is 26.3 Å². The molecule has 1 fully saturated rings. The Morgan fingerprint density at radius 1 is 1.21 bits per heavy atom. The molecule has 9 heteroatoms. The van der Waals surface area contributed by atoms with E-state index in [9.17, 15) is 18.0 Å². The third-order valence-electron chi connectivity index (χ3n) is 5.19. The number of carbonyl (C=O) groups excluding carboxylic acids is 1. The predicted molar refractivity (Wildman–Crippen MR) is 96.2 cm³/mol. The second kappa shape index (κ2) is 7.12. The van der Waals surface area contributed by atoms with Crippen LogP contribution in [0.25, 0.3) is 0 Å². The number of ether oxygens (including phenoxy) is 1. The minimum Gasteiger partial charge on any atom is -0.378 e. The van der Waals surface area contributed by atoms with Gasteiger partial charge in [-0.2, -0.15) is 18.3 Å². The summed E-state index contributed by atoms with van der Waals surface area (Å²) in [5.74, 6) is -0.171. The molecule has 0 bridgehead atoms. The van der Waals surface area contributed by atoms with Crippen molar-refractivity contribution in [2.24, 2.45) is 0 Å². The van der Waals surface area contributed by atoms with E-state index in [2.05, 4.69) is 10.4 Å². The molecule has 1 aromatic carbocycles. The van der Waals surface area contributed by atoms with Gasteiger partial charge >= 0.3 is 6.18 Å². The molecule has 2 aromatic rings. The Balaban J connectivity index is 1.65. The van der Waals surface area contributed by atoms with E-state index in [1.54, 1.807) is 4.90 Å². The molecule has 150 valence electrons. The molecule has 0 aliphatic carbocycles. The highest BCUT2D eigenvalue weighted by Crippen LogP contribution is 2.43. The number of alkyl halides is 3. The van der Waals surface area contributed by atoms with Crippen molar-refractivity contribution in [3.63, 3.8) is 0 Å². The van der Waals surface area contributed by atoms with E-state index in [0.717, 1.165) is 15.8 Å². The number of halogens is 3. The van der Waals surface area contributed by atoms with Crippen molar-refractivity contribution in [2.45, 2.75) is 31.6 Å². The van der Waals surface area contributed by atoms with Gasteiger partial charge in [-0.3, -0.25) is 4.79 Å². The fraction of sp³-hybridized carbons (Fsp3) is 0.474. The maximum atomic E-state index is 13.7. The number of morpholine rings is 1. The van der Waals surface area contributed by atoms with Crippen LogP contribution in [0.15, 0.2) is 30.3 Å². The lowest BCUT2D eigenvalue weighted by Gasteiger charge is -2.33. The third kappa shape index (κ3) is 3.58. The van der Waals surface area contributed by atoms with Crippen molar-refractivity contribution in [3.8, 4) is 0 Å². The molecule has 2 aliphatic heterocycles. The van der Waals surface area contributed by atoms with E-state index in [-0.39, 0.29) is 23.8 Å². The average molecular weight is 394 g/mol. The van der Waals surface area contributed by atoms with Gasteiger partial charge in [0.25, 0.3) is 5.91 Å². The molecule has 4 rings (SSSR count). The number of aryl methyl sites for hydroxylation is 1. The maximum Gasteiger partial charge on any atom is 0.410 e. The molecule has 2 atom stereocenters. The first-order valence-corrected chi connectivity index (χ1v) is 9.19. The Morgan fingerprint density at radius 3 is 2.54 bits per heavy atom. The summed E-state index contributed by atoms with van der Waals surface area (Å²) in [5.41, 5.74) is 1.83. The summed E-state index contributed by atoms with van der Waals surface area (Å²) in [6, 6.07) is 6.51. The molecular formula is C19H21F3N4O2. The van der Waals surface area contributed by atoms with Gasteiger partial charge in [-0.15, -0.1) is 0 Å². The molecule has 6 nitrogen and oxygen atoms in total. The average Bonchev–Trinajstić information content (AvgIpc) is 3.11. The van der Waals surface area contributed by atoms with Gasteiger partial charge in [0.15, 0.2) is 11.7 Å². The number of hydrogen-bond acceptors (Lipinski definition) is 4. The minimum absolute atomic E-state index is 0.0169. The number of carbonyl (C=O) groups is 1. The predicted octanol–water partition coefficient (Wildman–Crippen LogP) is 3.32. The number of hydrogen-bond donors (Lipinski definition) is 1. The van der Waals surface area contributed by atoms with Crippen molar-refractivity contribution >= 4 is 11.7 Å². The van der Waals surface area contributed by atoms with Crippen LogP contribution < -0.4 is 5.32 Å². The first kappa shape index (κ1) is 18.8. The number of amides is 1. The Morgan fingerprint density at radius 2 is 1.89 bits per heavy atom. The molecule has 1 amide bonds. The van der Waals surface area contributed by atoms with Crippen molar-refractivity contribution in [2.75, 3.05) is 31.6 Å². The van der Waals surface area contributed by atoms with Crippen LogP contribution in [-0.4, -0.2) is 53.1 Å². The van der Waals surface area contributed by atoms with Crippen molar-refractivity contribution in [1.29, 1.82) is 0 Å². The summed E-state index contributed by atoms with van der Waals surface area (Å²) in [5, 5.41) is 7.14. The summed E-state index contributed by atoms with van der Waals surface area (Å²) in [6.45, 7) is 3.57. The molecule has 0 saturated carbocycles. The van der Waals surface area contributed by atoms with E-state index in [1.807, 2.05) is 31.2 Å². The zero-order chi connectivity index (χ0) is 19.9. The fourth-order valence-corrected chi connectivity index (χ4v) is 3.62. The molecule has 0 spiro atoms. The van der Waals surface area contributed by atoms with Gasteiger partial charge in [0.2, 0.25) is 0 Å². The van der Waals surface area contributed by atoms with E-state index >= 15 is 0 Å². The van der Waals surface area contributed by atoms with Crippen LogP contribution in [0.1, 0.15) is 40.1 Å². The number of nitrogens with zero attached hydrogens (tertiary/aromatic N) is 3. The molecule has 28 heavy (non-hydrogen) atoms. The maximum absolute atomic E-state index is 13.7. The van der Waals surface area contributed by atoms with Crippen LogP contribution in [0.3, 0.4) is 0 Å². The number of rotatable bonds is 2. The standard InChI is InChI=1S/C19H21F3N4O2/c1-12-2-4-13(5-3-12)14-10-16(19(20,21)22)26-17(23-14)11-15(24-26)18(27)25-6-8-28-9-7-25/h2-5,11,14,16,23H,6-10H2,1H3/t14-,16+/m0/s1. The monoisotopic (exact) mass is 394 g/mol. The van der Waals surface area contributed by atoms with Crippen LogP contribution >= 0.6 is 0 Å². The van der Waals surface area contributed by atoms with Crippen molar-refractivity contribution in [1.82, 2.24) is 14.7 Å². The smallest absolute Gasteiger partial charge is 0.378 e. The largest absolute Gasteiger partial charge is 0.410 e. The van der Waals surface area contributed by atoms with Gasteiger partial charge in [-0.25, -0.2) is 4.68 Å². The summed E-state index contributed by atoms with van der Waals surface area (Å²) < 4.78 is 47.3. The van der Waals surface area contributed by atoms with E-state index in [1.165, 1.54) is 6.07 Å². The van der Waals surface area contributed by atoms with Gasteiger partial charge in [-0.1, -0.05) is 29.8 Å². The Kier molecular flexibility index (Phi) is 4.78. The van der Waals surface area contributed by atoms with Gasteiger partial charge in [0.1, 0.15) is 5.82 Å². The zero-order valence-electron chi connectivity index (χ0n) is 15.4. The van der Waals surface area contributed by atoms with E-state index in [4.69, 9.17) is 4.74 Å². The molecule has 1 N–H and O–H groups in total. The first-order chi connectivity index (χ1) is 13.3. The summed E-state index contributed by atoms with van der Waals surface area (Å²) in [6.07, 6.45) is -4.66. The lowest BCUT2D eigenvalue weighted by Crippen LogP contribution is -2.41. The van der Waals surface area contributed by atoms with Crippen molar-refractivity contribution < 1.29 is 22.7 Å². The van der Waals surface area contributed by atoms with Crippen LogP contribution in [0.4, 0.5) is 19.0 Å². The summed E-state index contributed by atoms with van der Waals surface area (Å²) in [4.78, 5) is 14.2. The highest BCUT2D eigenvalue weighted by Gasteiger charge is 2.47. The van der Waals surface area contributed by atoms with Gasteiger partial charge < -0.3 is 15.0 Å². The Labute approximate surface area is 160 Å². The fourth-order valence-electron chi connectivity index (χ4n) is 3.62. The van der Waals surface area contributed by atoms with Crippen molar-refractivity contribution in [3.05, 3.63) is 47.2 Å². The number of nitrogens with one attached hydrogen (secondary N) is 1. The zero-order valence-corrected chi connectivity index (χ0v) is 15.4. The summed E-state index contributed by atoms with van der Waals surface area (Å²) >= 11 is 0. The van der Waals surface area contributed by atoms with Crippen LogP contribution in [0, 0.1) is 6.92 Å². The van der Waals surface area contributed by atoms with Gasteiger partial charge in [0.05, 0.1) is 19.3 Å². The van der Waals surface area contributed by atoms with Gasteiger partial charge in [0, 0.05) is 25.6 Å². The highest BCUT2D eigenvalue weighted by atomic mass is 19.4. The number of fused-ring (bicyclic) bond motifs is 1. The molecular weight excluding hydrogens is 373 g/mol. The summed E-state index contributed by atoms with van der Waals surface area (Å²) in [7, 11) is 0. The first-order valence-electron chi connectivity index (χ1n) is 9.19. The van der Waals surface area contributed by atoms with E-state index < -0.39 is 18.3 Å². The van der Waals surface area contributed by atoms with Crippen LogP contribution in [0.5, 0.6) is 0 Å². The van der Waals surface area contributed by atoms with Crippen LogP contribution in [0.2, 0.25) is 0 Å². The number of benzene rings is 1. The molecule has 3 heterocycles. The number of anilines is 1. The number of aromatic nitrogens is 2. The second-order valence-corrected chi connectivity index (χ2v) is 7.16. The quantitative estimate of drug-likeness (QED) is 0.849. The Hall–Kier alpha value is -2.55. The lowest BCUT2D eigenvalue weighted by molar-refractivity contribution is -0.173. The minimum atomic E-state index is -4.47. The second-order valence-electron chi connectivity index (χ2n) is 7.16. The molecule has 0 unspecified atom stereocenters. The van der Waals surface area contributed by atoms with Crippen LogP contribution in [-0.2, 0) is 4.74 Å². The molecule has 1 aromatic heterocycles. The SMILES string of the molecule is Cc1ccc([C@@H]2C[C@H](C(F)(F)F)n3nc(C(=O)N4CCOCC4)cc3N2)cc1. The topological polar surface area (TPSA) is 59.4 Å².